The van der Waals surface area contributed by atoms with Crippen molar-refractivity contribution >= 4 is 17.7 Å². The molecule has 0 rings (SSSR count). The number of unbranched alkanes of at least 4 members (excludes halogenated alkanes) is 16. The van der Waals surface area contributed by atoms with Gasteiger partial charge in [0.2, 0.25) is 0 Å². The first-order valence-corrected chi connectivity index (χ1v) is 20.4. The normalized spacial score (nSPS) is 12.7. The van der Waals surface area contributed by atoms with Crippen LogP contribution in [-0.4, -0.2) is 30.9 Å². The molecule has 0 bridgehead atoms. The molecular weight excluding hydrogens is 584 g/mol. The summed E-state index contributed by atoms with van der Waals surface area (Å²) in [5.74, 6) is 0.669. The lowest BCUT2D eigenvalue weighted by molar-refractivity contribution is -0.156. The highest BCUT2D eigenvalue weighted by atomic mass is 16.5. The van der Waals surface area contributed by atoms with Gasteiger partial charge in [0.15, 0.2) is 0 Å². The third-order valence-corrected chi connectivity index (χ3v) is 9.98. The standard InChI is InChI=1S/C42H80O5/c1-8-11-14-16-17-19-28-35-46-39(44)41(4,5)33-26-20-24-31-38(43)32-25-21-27-34-42(6,7)40(45)47-36-37(29-22-13-10-3)30-23-18-15-12-9-2/h37H,8-36H2,1-7H3. The van der Waals surface area contributed by atoms with Crippen molar-refractivity contribution in [3.63, 3.8) is 0 Å². The fourth-order valence-corrected chi connectivity index (χ4v) is 6.30. The van der Waals surface area contributed by atoms with Crippen LogP contribution in [0.1, 0.15) is 222 Å². The van der Waals surface area contributed by atoms with E-state index in [1.54, 1.807) is 0 Å². The Morgan fingerprint density at radius 1 is 0.468 bits per heavy atom. The van der Waals surface area contributed by atoms with Crippen LogP contribution < -0.4 is 0 Å². The molecule has 0 aromatic carbocycles. The van der Waals surface area contributed by atoms with Gasteiger partial charge in [-0.15, -0.1) is 0 Å². The maximum Gasteiger partial charge on any atom is 0.311 e. The van der Waals surface area contributed by atoms with Gasteiger partial charge in [0.1, 0.15) is 5.78 Å². The molecule has 0 aliphatic heterocycles. The second-order valence-corrected chi connectivity index (χ2v) is 15.8. The molecule has 0 aromatic heterocycles. The molecule has 0 aromatic rings. The van der Waals surface area contributed by atoms with Gasteiger partial charge in [-0.3, -0.25) is 14.4 Å². The third-order valence-electron chi connectivity index (χ3n) is 9.98. The van der Waals surface area contributed by atoms with Gasteiger partial charge in [-0.1, -0.05) is 136 Å². The SMILES string of the molecule is CCCCCCCCCOC(=O)C(C)(C)CCCCCC(=O)CCCCCC(C)(C)C(=O)OCC(CCCCC)CCCCCCC. The Morgan fingerprint density at radius 3 is 1.36 bits per heavy atom. The van der Waals surface area contributed by atoms with E-state index >= 15 is 0 Å². The molecule has 0 aliphatic carbocycles. The number of Topliss-reactive ketones (excluding diaryl/α,β-unsaturated/α-hetero) is 1. The molecule has 0 spiro atoms. The van der Waals surface area contributed by atoms with Gasteiger partial charge >= 0.3 is 11.9 Å². The van der Waals surface area contributed by atoms with E-state index in [9.17, 15) is 14.4 Å². The Bertz CT molecular complexity index is 771. The van der Waals surface area contributed by atoms with Crippen LogP contribution in [0.5, 0.6) is 0 Å². The van der Waals surface area contributed by atoms with Crippen LogP contribution >= 0.6 is 0 Å². The number of carbonyl (C=O) groups excluding carboxylic acids is 3. The fraction of sp³-hybridized carbons (Fsp3) is 0.929. The van der Waals surface area contributed by atoms with E-state index in [2.05, 4.69) is 20.8 Å². The van der Waals surface area contributed by atoms with Crippen LogP contribution in [-0.2, 0) is 23.9 Å². The molecule has 0 saturated carbocycles. The monoisotopic (exact) mass is 665 g/mol. The number of rotatable bonds is 34. The fourth-order valence-electron chi connectivity index (χ4n) is 6.30. The number of hydrogen-bond acceptors (Lipinski definition) is 5. The van der Waals surface area contributed by atoms with E-state index in [0.29, 0.717) is 37.8 Å². The lowest BCUT2D eigenvalue weighted by Crippen LogP contribution is -2.28. The van der Waals surface area contributed by atoms with Crippen molar-refractivity contribution in [3.8, 4) is 0 Å². The minimum absolute atomic E-state index is 0.0651. The van der Waals surface area contributed by atoms with E-state index in [-0.39, 0.29) is 11.9 Å². The molecular formula is C42H80O5. The molecule has 0 radical (unpaired) electrons. The summed E-state index contributed by atoms with van der Waals surface area (Å²) in [4.78, 5) is 38.0. The van der Waals surface area contributed by atoms with E-state index in [0.717, 1.165) is 70.6 Å². The van der Waals surface area contributed by atoms with E-state index < -0.39 is 10.8 Å². The van der Waals surface area contributed by atoms with Crippen molar-refractivity contribution < 1.29 is 23.9 Å². The number of ketones is 1. The van der Waals surface area contributed by atoms with Crippen molar-refractivity contribution in [1.29, 1.82) is 0 Å². The first-order valence-electron chi connectivity index (χ1n) is 20.4. The number of esters is 2. The molecule has 0 fully saturated rings. The first-order chi connectivity index (χ1) is 22.5. The van der Waals surface area contributed by atoms with E-state index in [1.165, 1.54) is 89.9 Å². The quantitative estimate of drug-likeness (QED) is 0.0506. The maximum atomic E-state index is 13.0. The predicted octanol–water partition coefficient (Wildman–Crippen LogP) is 12.9. The summed E-state index contributed by atoms with van der Waals surface area (Å²) in [5, 5.41) is 0. The summed E-state index contributed by atoms with van der Waals surface area (Å²) in [6, 6.07) is 0. The number of ether oxygens (including phenoxy) is 2. The summed E-state index contributed by atoms with van der Waals surface area (Å²) in [7, 11) is 0. The first kappa shape index (κ1) is 45.6. The molecule has 5 heteroatoms. The molecule has 0 N–H and O–H groups in total. The number of hydrogen-bond donors (Lipinski definition) is 0. The van der Waals surface area contributed by atoms with Crippen LogP contribution in [0.4, 0.5) is 0 Å². The molecule has 1 unspecified atom stereocenters. The molecule has 47 heavy (non-hydrogen) atoms. The lowest BCUT2D eigenvalue weighted by atomic mass is 9.86. The molecule has 1 atom stereocenters. The summed E-state index contributed by atoms with van der Waals surface area (Å²) < 4.78 is 11.5. The smallest absolute Gasteiger partial charge is 0.311 e. The molecule has 0 amide bonds. The summed E-state index contributed by atoms with van der Waals surface area (Å²) in [6.45, 7) is 15.8. The molecule has 278 valence electrons. The highest BCUT2D eigenvalue weighted by molar-refractivity contribution is 5.78. The Morgan fingerprint density at radius 2 is 0.851 bits per heavy atom. The Balaban J connectivity index is 4.08. The molecule has 5 nitrogen and oxygen atoms in total. The zero-order valence-electron chi connectivity index (χ0n) is 32.6. The molecule has 0 aliphatic rings. The van der Waals surface area contributed by atoms with Crippen LogP contribution in [0, 0.1) is 16.7 Å². The Kier molecular flexibility index (Phi) is 28.6. The Hall–Kier alpha value is -1.39. The topological polar surface area (TPSA) is 69.7 Å². The van der Waals surface area contributed by atoms with E-state index in [1.807, 2.05) is 27.7 Å². The minimum Gasteiger partial charge on any atom is -0.465 e. The minimum atomic E-state index is -0.479. The maximum absolute atomic E-state index is 13.0. The van der Waals surface area contributed by atoms with Crippen molar-refractivity contribution in [2.75, 3.05) is 13.2 Å². The molecule has 0 heterocycles. The van der Waals surface area contributed by atoms with Gasteiger partial charge in [0, 0.05) is 12.8 Å². The average Bonchev–Trinajstić information content (AvgIpc) is 3.03. The highest BCUT2D eigenvalue weighted by Gasteiger charge is 2.30. The predicted molar refractivity (Wildman–Crippen MR) is 200 cm³/mol. The van der Waals surface area contributed by atoms with Crippen molar-refractivity contribution in [2.24, 2.45) is 16.7 Å². The van der Waals surface area contributed by atoms with Crippen LogP contribution in [0.25, 0.3) is 0 Å². The van der Waals surface area contributed by atoms with Gasteiger partial charge in [-0.2, -0.15) is 0 Å². The number of carbonyl (C=O) groups is 3. The second kappa shape index (κ2) is 29.5. The van der Waals surface area contributed by atoms with Crippen molar-refractivity contribution in [2.45, 2.75) is 222 Å². The van der Waals surface area contributed by atoms with E-state index in [4.69, 9.17) is 9.47 Å². The van der Waals surface area contributed by atoms with Gasteiger partial charge in [-0.05, 0) is 78.6 Å². The van der Waals surface area contributed by atoms with Gasteiger partial charge < -0.3 is 9.47 Å². The van der Waals surface area contributed by atoms with Crippen molar-refractivity contribution in [3.05, 3.63) is 0 Å². The largest absolute Gasteiger partial charge is 0.465 e. The Labute approximate surface area is 292 Å². The summed E-state index contributed by atoms with van der Waals surface area (Å²) >= 11 is 0. The van der Waals surface area contributed by atoms with Crippen LogP contribution in [0.3, 0.4) is 0 Å². The second-order valence-electron chi connectivity index (χ2n) is 15.8. The van der Waals surface area contributed by atoms with Gasteiger partial charge in [-0.25, -0.2) is 0 Å². The molecule has 0 saturated heterocycles. The highest BCUT2D eigenvalue weighted by Crippen LogP contribution is 2.28. The average molecular weight is 665 g/mol. The lowest BCUT2D eigenvalue weighted by Gasteiger charge is -2.25. The zero-order valence-corrected chi connectivity index (χ0v) is 32.6. The van der Waals surface area contributed by atoms with Crippen LogP contribution in [0.15, 0.2) is 0 Å². The summed E-state index contributed by atoms with van der Waals surface area (Å²) in [5.41, 5.74) is -0.942. The third kappa shape index (κ3) is 26.2. The van der Waals surface area contributed by atoms with Crippen molar-refractivity contribution in [1.82, 2.24) is 0 Å². The zero-order chi connectivity index (χ0) is 35.2. The van der Waals surface area contributed by atoms with Crippen LogP contribution in [0.2, 0.25) is 0 Å². The van der Waals surface area contributed by atoms with Gasteiger partial charge in [0.25, 0.3) is 0 Å². The van der Waals surface area contributed by atoms with Gasteiger partial charge in [0.05, 0.1) is 24.0 Å². The summed E-state index contributed by atoms with van der Waals surface area (Å²) in [6.07, 6.45) is 29.4.